The van der Waals surface area contributed by atoms with Gasteiger partial charge in [0, 0.05) is 16.8 Å². The van der Waals surface area contributed by atoms with Crippen LogP contribution in [0.2, 0.25) is 5.02 Å². The first-order chi connectivity index (χ1) is 14.3. The van der Waals surface area contributed by atoms with Crippen molar-refractivity contribution in [3.05, 3.63) is 46.7 Å². The lowest BCUT2D eigenvalue weighted by Crippen LogP contribution is -2.65. The van der Waals surface area contributed by atoms with E-state index in [9.17, 15) is 9.59 Å². The van der Waals surface area contributed by atoms with Crippen molar-refractivity contribution in [2.75, 3.05) is 4.90 Å². The maximum Gasteiger partial charge on any atom is 0.277 e. The lowest BCUT2D eigenvalue weighted by molar-refractivity contribution is -0.127. The Kier molecular flexibility index (Phi) is 5.62. The van der Waals surface area contributed by atoms with Crippen LogP contribution in [-0.4, -0.2) is 33.2 Å². The van der Waals surface area contributed by atoms with E-state index in [0.29, 0.717) is 22.9 Å². The number of carbonyl (C=O) groups is 2. The van der Waals surface area contributed by atoms with Crippen molar-refractivity contribution in [1.29, 1.82) is 0 Å². The summed E-state index contributed by atoms with van der Waals surface area (Å²) in [7, 11) is 0. The first kappa shape index (κ1) is 20.9. The molecule has 0 radical (unpaired) electrons. The summed E-state index contributed by atoms with van der Waals surface area (Å²) in [5, 5.41) is 8.44. The highest BCUT2D eigenvalue weighted by atomic mass is 35.5. The molecule has 7 heteroatoms. The van der Waals surface area contributed by atoms with E-state index in [-0.39, 0.29) is 23.8 Å². The summed E-state index contributed by atoms with van der Waals surface area (Å²) >= 11 is 6.07. The third-order valence-electron chi connectivity index (χ3n) is 6.28. The average Bonchev–Trinajstić information content (AvgIpc) is 3.14. The fourth-order valence-corrected chi connectivity index (χ4v) is 4.59. The van der Waals surface area contributed by atoms with Crippen molar-refractivity contribution in [3.63, 3.8) is 0 Å². The van der Waals surface area contributed by atoms with Crippen LogP contribution < -0.4 is 10.2 Å². The van der Waals surface area contributed by atoms with E-state index in [1.807, 2.05) is 26.8 Å². The Balaban J connectivity index is 1.74. The molecule has 1 aliphatic carbocycles. The Hall–Kier alpha value is -2.34. The first-order valence-corrected chi connectivity index (χ1v) is 11.2. The molecule has 2 heterocycles. The molecule has 6 nitrogen and oxygen atoms in total. The molecule has 1 N–H and O–H groups in total. The molecule has 1 fully saturated rings. The summed E-state index contributed by atoms with van der Waals surface area (Å²) in [6, 6.07) is 9.08. The number of fused-ring (bicyclic) bond motifs is 1. The molecule has 0 saturated heterocycles. The van der Waals surface area contributed by atoms with Gasteiger partial charge < -0.3 is 5.32 Å². The van der Waals surface area contributed by atoms with E-state index in [2.05, 4.69) is 10.4 Å². The molecule has 1 saturated carbocycles. The minimum absolute atomic E-state index is 0.134. The monoisotopic (exact) mass is 428 g/mol. The zero-order chi connectivity index (χ0) is 21.5. The number of hydrogen-bond donors (Lipinski definition) is 1. The normalized spacial score (nSPS) is 22.3. The van der Waals surface area contributed by atoms with Crippen LogP contribution in [0.1, 0.15) is 75.0 Å². The maximum absolute atomic E-state index is 13.6. The number of amides is 2. The van der Waals surface area contributed by atoms with Crippen LogP contribution in [0.25, 0.3) is 0 Å². The summed E-state index contributed by atoms with van der Waals surface area (Å²) in [6.45, 7) is 6.23. The van der Waals surface area contributed by atoms with Crippen LogP contribution in [0.15, 0.2) is 30.3 Å². The van der Waals surface area contributed by atoms with Gasteiger partial charge in [0.2, 0.25) is 5.91 Å². The highest BCUT2D eigenvalue weighted by molar-refractivity contribution is 6.30. The van der Waals surface area contributed by atoms with Crippen LogP contribution >= 0.6 is 11.6 Å². The number of carbonyl (C=O) groups excluding carboxylic acids is 2. The van der Waals surface area contributed by atoms with Gasteiger partial charge in [-0.1, -0.05) is 44.7 Å². The van der Waals surface area contributed by atoms with Crippen LogP contribution in [0.4, 0.5) is 5.69 Å². The molecule has 0 unspecified atom stereocenters. The van der Waals surface area contributed by atoms with Crippen molar-refractivity contribution in [2.45, 2.75) is 76.9 Å². The van der Waals surface area contributed by atoms with E-state index in [4.69, 9.17) is 11.6 Å². The van der Waals surface area contributed by atoms with Crippen LogP contribution in [-0.2, 0) is 11.3 Å². The van der Waals surface area contributed by atoms with Gasteiger partial charge >= 0.3 is 0 Å². The van der Waals surface area contributed by atoms with Gasteiger partial charge in [0.1, 0.15) is 11.2 Å². The van der Waals surface area contributed by atoms with E-state index in [1.165, 1.54) is 6.42 Å². The minimum Gasteiger partial charge on any atom is -0.351 e. The third-order valence-corrected chi connectivity index (χ3v) is 6.53. The molecule has 2 amide bonds. The Morgan fingerprint density at radius 1 is 1.20 bits per heavy atom. The Morgan fingerprint density at radius 3 is 2.50 bits per heavy atom. The summed E-state index contributed by atoms with van der Waals surface area (Å²) in [5.41, 5.74) is 0.933. The van der Waals surface area contributed by atoms with Gasteiger partial charge in [-0.05, 0) is 56.0 Å². The quantitative estimate of drug-likeness (QED) is 0.777. The predicted molar refractivity (Wildman–Crippen MR) is 118 cm³/mol. The van der Waals surface area contributed by atoms with Crippen LogP contribution in [0.3, 0.4) is 0 Å². The van der Waals surface area contributed by atoms with Crippen molar-refractivity contribution < 1.29 is 9.59 Å². The number of nitrogens with one attached hydrogen (secondary N) is 1. The fraction of sp³-hybridized carbons (Fsp3) is 0.522. The van der Waals surface area contributed by atoms with Gasteiger partial charge in [0.05, 0.1) is 12.2 Å². The fourth-order valence-electron chi connectivity index (χ4n) is 4.47. The molecule has 0 bridgehead atoms. The van der Waals surface area contributed by atoms with E-state index in [1.54, 1.807) is 33.8 Å². The minimum atomic E-state index is -1.09. The topological polar surface area (TPSA) is 67.2 Å². The molecule has 30 heavy (non-hydrogen) atoms. The molecule has 1 aromatic heterocycles. The van der Waals surface area contributed by atoms with Gasteiger partial charge in [0.15, 0.2) is 0 Å². The highest BCUT2D eigenvalue weighted by Crippen LogP contribution is 2.34. The summed E-state index contributed by atoms with van der Waals surface area (Å²) in [5.74, 6) is -0.156. The summed E-state index contributed by atoms with van der Waals surface area (Å²) in [6.07, 6.45) is 5.45. The molecule has 1 aromatic carbocycles. The lowest BCUT2D eigenvalue weighted by atomic mass is 9.91. The Morgan fingerprint density at radius 2 is 1.87 bits per heavy atom. The number of aromatic nitrogens is 2. The van der Waals surface area contributed by atoms with Gasteiger partial charge in [-0.3, -0.25) is 19.2 Å². The lowest BCUT2D eigenvalue weighted by Gasteiger charge is -2.44. The average molecular weight is 429 g/mol. The van der Waals surface area contributed by atoms with E-state index in [0.717, 1.165) is 31.4 Å². The number of halogens is 1. The third kappa shape index (κ3) is 3.73. The van der Waals surface area contributed by atoms with Gasteiger partial charge in [-0.15, -0.1) is 0 Å². The van der Waals surface area contributed by atoms with E-state index >= 15 is 0 Å². The summed E-state index contributed by atoms with van der Waals surface area (Å²) < 4.78 is 1.70. The largest absolute Gasteiger partial charge is 0.351 e. The molecule has 1 atom stereocenters. The Bertz CT molecular complexity index is 947. The highest BCUT2D eigenvalue weighted by Gasteiger charge is 2.49. The first-order valence-electron chi connectivity index (χ1n) is 10.8. The zero-order valence-corrected chi connectivity index (χ0v) is 18.6. The van der Waals surface area contributed by atoms with Crippen LogP contribution in [0.5, 0.6) is 0 Å². The maximum atomic E-state index is 13.6. The van der Waals surface area contributed by atoms with Crippen LogP contribution in [0, 0.1) is 0 Å². The number of anilines is 1. The van der Waals surface area contributed by atoms with E-state index < -0.39 is 5.54 Å². The molecule has 2 aliphatic rings. The van der Waals surface area contributed by atoms with Crippen molar-refractivity contribution in [1.82, 2.24) is 15.1 Å². The summed E-state index contributed by atoms with van der Waals surface area (Å²) in [4.78, 5) is 28.8. The molecule has 4 rings (SSSR count). The standard InChI is InChI=1S/C23H29ClN4O2/c1-15(2)19-13-20-21(29)28(18-11-9-16(24)10-12-18)23(3,14-27(20)26-19)22(30)25-17-7-5-4-6-8-17/h9-13,15,17H,4-8,14H2,1-3H3,(H,25,30)/t23-/m0/s1. The second-order valence-electron chi connectivity index (χ2n) is 8.97. The number of nitrogens with zero attached hydrogens (tertiary/aromatic N) is 3. The number of rotatable bonds is 4. The SMILES string of the molecule is CC(C)c1cc2n(n1)C[C@@](C)(C(=O)NC1CCCCC1)N(c1ccc(Cl)cc1)C2=O. The van der Waals surface area contributed by atoms with Crippen molar-refractivity contribution in [2.24, 2.45) is 0 Å². The second kappa shape index (κ2) is 8.06. The molecule has 0 spiro atoms. The predicted octanol–water partition coefficient (Wildman–Crippen LogP) is 4.53. The molecule has 160 valence electrons. The smallest absolute Gasteiger partial charge is 0.277 e. The second-order valence-corrected chi connectivity index (χ2v) is 9.40. The Labute approximate surface area is 182 Å². The number of hydrogen-bond acceptors (Lipinski definition) is 3. The van der Waals surface area contributed by atoms with Gasteiger partial charge in [-0.25, -0.2) is 0 Å². The number of benzene rings is 1. The molecule has 2 aromatic rings. The zero-order valence-electron chi connectivity index (χ0n) is 17.8. The molecule has 1 aliphatic heterocycles. The van der Waals surface area contributed by atoms with Gasteiger partial charge in [0.25, 0.3) is 5.91 Å². The van der Waals surface area contributed by atoms with Gasteiger partial charge in [-0.2, -0.15) is 5.10 Å². The van der Waals surface area contributed by atoms with Crippen molar-refractivity contribution >= 4 is 29.1 Å². The molecular formula is C23H29ClN4O2. The van der Waals surface area contributed by atoms with Crippen molar-refractivity contribution in [3.8, 4) is 0 Å². The molecular weight excluding hydrogens is 400 g/mol.